The first-order valence-corrected chi connectivity index (χ1v) is 8.06. The molecular formula is C13H24N2O2S. The first-order chi connectivity index (χ1) is 8.78. The minimum Gasteiger partial charge on any atom is -0.378 e. The molecule has 4 nitrogen and oxygen atoms in total. The molecule has 0 unspecified atom stereocenters. The van der Waals surface area contributed by atoms with Crippen LogP contribution in [0.2, 0.25) is 0 Å². The number of thioether (sulfide) groups is 1. The quantitative estimate of drug-likeness (QED) is 0.762. The topological polar surface area (TPSA) is 50.4 Å². The zero-order valence-corrected chi connectivity index (χ0v) is 11.9. The van der Waals surface area contributed by atoms with Gasteiger partial charge in [-0.25, -0.2) is 0 Å². The first-order valence-electron chi connectivity index (χ1n) is 7.01. The molecule has 5 heteroatoms. The third-order valence-corrected chi connectivity index (χ3v) is 4.97. The maximum Gasteiger partial charge on any atom is 0.230 e. The summed E-state index contributed by atoms with van der Waals surface area (Å²) in [5.74, 6) is 0.805. The number of hydrogen-bond acceptors (Lipinski definition) is 4. The lowest BCUT2D eigenvalue weighted by Gasteiger charge is -2.35. The molecule has 0 aromatic heterocycles. The van der Waals surface area contributed by atoms with Crippen molar-refractivity contribution in [2.75, 3.05) is 25.4 Å². The summed E-state index contributed by atoms with van der Waals surface area (Å²) in [6, 6.07) is 0.350. The van der Waals surface area contributed by atoms with Crippen molar-refractivity contribution >= 4 is 17.7 Å². The number of amides is 1. The molecule has 1 amide bonds. The largest absolute Gasteiger partial charge is 0.378 e. The Kier molecular flexibility index (Phi) is 5.79. The van der Waals surface area contributed by atoms with Crippen LogP contribution in [0.25, 0.3) is 0 Å². The monoisotopic (exact) mass is 272 g/mol. The van der Waals surface area contributed by atoms with Crippen molar-refractivity contribution in [1.29, 1.82) is 0 Å². The number of nitrogens with one attached hydrogen (secondary N) is 2. The maximum absolute atomic E-state index is 11.8. The average molecular weight is 272 g/mol. The summed E-state index contributed by atoms with van der Waals surface area (Å²) in [4.78, 5) is 11.8. The average Bonchev–Trinajstić information content (AvgIpc) is 2.35. The van der Waals surface area contributed by atoms with Gasteiger partial charge in [-0.05, 0) is 45.7 Å². The highest BCUT2D eigenvalue weighted by Crippen LogP contribution is 2.24. The lowest BCUT2D eigenvalue weighted by atomic mass is 9.89. The molecule has 1 aliphatic carbocycles. The van der Waals surface area contributed by atoms with Crippen molar-refractivity contribution in [2.45, 2.75) is 50.0 Å². The molecule has 1 aliphatic heterocycles. The molecule has 2 fully saturated rings. The normalized spacial score (nSPS) is 28.7. The Bertz CT molecular complexity index is 264. The second-order valence-electron chi connectivity index (χ2n) is 5.07. The van der Waals surface area contributed by atoms with Crippen molar-refractivity contribution in [3.8, 4) is 0 Å². The molecule has 2 aliphatic rings. The second kappa shape index (κ2) is 7.36. The molecule has 0 atom stereocenters. The number of piperidine rings is 1. The molecule has 2 N–H and O–H groups in total. The molecule has 104 valence electrons. The number of carbonyl (C=O) groups is 1. The van der Waals surface area contributed by atoms with E-state index in [1.165, 1.54) is 12.8 Å². The third-order valence-electron chi connectivity index (χ3n) is 3.60. The van der Waals surface area contributed by atoms with Crippen LogP contribution in [0.5, 0.6) is 0 Å². The molecule has 0 aromatic rings. The van der Waals surface area contributed by atoms with E-state index >= 15 is 0 Å². The summed E-state index contributed by atoms with van der Waals surface area (Å²) in [7, 11) is 0. The van der Waals surface area contributed by atoms with Gasteiger partial charge in [0.25, 0.3) is 0 Å². The number of hydrogen-bond donors (Lipinski definition) is 2. The Morgan fingerprint density at radius 2 is 2.11 bits per heavy atom. The molecule has 1 saturated carbocycles. The zero-order chi connectivity index (χ0) is 12.8. The molecule has 0 spiro atoms. The van der Waals surface area contributed by atoms with E-state index in [9.17, 15) is 4.79 Å². The van der Waals surface area contributed by atoms with Crippen LogP contribution in [0.1, 0.15) is 32.6 Å². The Balaban J connectivity index is 1.53. The molecule has 1 saturated heterocycles. The molecule has 0 aromatic carbocycles. The van der Waals surface area contributed by atoms with Crippen LogP contribution in [-0.2, 0) is 9.53 Å². The summed E-state index contributed by atoms with van der Waals surface area (Å²) in [5.41, 5.74) is 0. The number of ether oxygens (including phenoxy) is 1. The van der Waals surface area contributed by atoms with E-state index < -0.39 is 0 Å². The van der Waals surface area contributed by atoms with Crippen LogP contribution >= 0.6 is 11.8 Å². The molecular weight excluding hydrogens is 248 g/mol. The highest BCUT2D eigenvalue weighted by molar-refractivity contribution is 8.00. The van der Waals surface area contributed by atoms with E-state index in [0.717, 1.165) is 32.5 Å². The first kappa shape index (κ1) is 14.2. The van der Waals surface area contributed by atoms with Crippen molar-refractivity contribution < 1.29 is 9.53 Å². The van der Waals surface area contributed by atoms with Crippen LogP contribution < -0.4 is 10.6 Å². The molecule has 1 heterocycles. The Labute approximate surface area is 114 Å². The third kappa shape index (κ3) is 4.44. The summed E-state index contributed by atoms with van der Waals surface area (Å²) in [6.07, 6.45) is 4.72. The van der Waals surface area contributed by atoms with E-state index in [4.69, 9.17) is 4.74 Å². The highest BCUT2D eigenvalue weighted by Gasteiger charge is 2.30. The van der Waals surface area contributed by atoms with Gasteiger partial charge in [0.05, 0.1) is 11.9 Å². The number of rotatable bonds is 6. The van der Waals surface area contributed by atoms with Gasteiger partial charge in [0, 0.05) is 17.9 Å². The van der Waals surface area contributed by atoms with Crippen molar-refractivity contribution in [3.05, 3.63) is 0 Å². The predicted molar refractivity (Wildman–Crippen MR) is 74.9 cm³/mol. The van der Waals surface area contributed by atoms with E-state index in [-0.39, 0.29) is 5.91 Å². The van der Waals surface area contributed by atoms with Gasteiger partial charge in [-0.15, -0.1) is 11.8 Å². The van der Waals surface area contributed by atoms with Gasteiger partial charge < -0.3 is 15.4 Å². The smallest absolute Gasteiger partial charge is 0.230 e. The van der Waals surface area contributed by atoms with E-state index in [0.29, 0.717) is 23.1 Å². The zero-order valence-electron chi connectivity index (χ0n) is 11.1. The minimum atomic E-state index is 0.193. The van der Waals surface area contributed by atoms with Crippen LogP contribution in [0.3, 0.4) is 0 Å². The van der Waals surface area contributed by atoms with Gasteiger partial charge in [0.2, 0.25) is 5.91 Å². The Morgan fingerprint density at radius 1 is 1.39 bits per heavy atom. The number of carbonyl (C=O) groups excluding carboxylic acids is 1. The van der Waals surface area contributed by atoms with Crippen LogP contribution in [-0.4, -0.2) is 48.8 Å². The SMILES string of the molecule is CCOC1CC(NC(=O)CSC2CCNCC2)C1. The molecule has 0 bridgehead atoms. The van der Waals surface area contributed by atoms with Gasteiger partial charge in [0.1, 0.15) is 0 Å². The fraction of sp³-hybridized carbons (Fsp3) is 0.923. The lowest BCUT2D eigenvalue weighted by Crippen LogP contribution is -2.48. The van der Waals surface area contributed by atoms with E-state index in [1.54, 1.807) is 0 Å². The van der Waals surface area contributed by atoms with Crippen LogP contribution in [0, 0.1) is 0 Å². The Hall–Kier alpha value is -0.260. The Morgan fingerprint density at radius 3 is 2.78 bits per heavy atom. The van der Waals surface area contributed by atoms with Crippen molar-refractivity contribution in [3.63, 3.8) is 0 Å². The standard InChI is InChI=1S/C13H24N2O2S/c1-2-17-11-7-10(8-11)15-13(16)9-18-12-3-5-14-6-4-12/h10-12,14H,2-9H2,1H3,(H,15,16). The highest BCUT2D eigenvalue weighted by atomic mass is 32.2. The molecule has 18 heavy (non-hydrogen) atoms. The van der Waals surface area contributed by atoms with Crippen molar-refractivity contribution in [2.24, 2.45) is 0 Å². The van der Waals surface area contributed by atoms with Gasteiger partial charge >= 0.3 is 0 Å². The van der Waals surface area contributed by atoms with E-state index in [1.807, 2.05) is 18.7 Å². The van der Waals surface area contributed by atoms with Gasteiger partial charge in [-0.2, -0.15) is 0 Å². The predicted octanol–water partition coefficient (Wildman–Crippen LogP) is 1.16. The van der Waals surface area contributed by atoms with E-state index in [2.05, 4.69) is 10.6 Å². The van der Waals surface area contributed by atoms with Gasteiger partial charge in [-0.3, -0.25) is 4.79 Å². The molecule has 0 radical (unpaired) electrons. The summed E-state index contributed by atoms with van der Waals surface area (Å²) >= 11 is 1.81. The van der Waals surface area contributed by atoms with Crippen LogP contribution in [0.15, 0.2) is 0 Å². The summed E-state index contributed by atoms with van der Waals surface area (Å²) < 4.78 is 5.48. The maximum atomic E-state index is 11.8. The lowest BCUT2D eigenvalue weighted by molar-refractivity contribution is -0.121. The van der Waals surface area contributed by atoms with Gasteiger partial charge in [-0.1, -0.05) is 0 Å². The molecule has 2 rings (SSSR count). The second-order valence-corrected chi connectivity index (χ2v) is 6.36. The summed E-state index contributed by atoms with van der Waals surface area (Å²) in [6.45, 7) is 4.98. The summed E-state index contributed by atoms with van der Waals surface area (Å²) in [5, 5.41) is 7.09. The van der Waals surface area contributed by atoms with Crippen molar-refractivity contribution in [1.82, 2.24) is 10.6 Å². The van der Waals surface area contributed by atoms with Gasteiger partial charge in [0.15, 0.2) is 0 Å². The fourth-order valence-corrected chi connectivity index (χ4v) is 3.52. The minimum absolute atomic E-state index is 0.193. The van der Waals surface area contributed by atoms with Crippen LogP contribution in [0.4, 0.5) is 0 Å². The fourth-order valence-electron chi connectivity index (χ4n) is 2.48.